The first-order valence-corrected chi connectivity index (χ1v) is 10.3. The quantitative estimate of drug-likeness (QED) is 0.770. The molecule has 2 aliphatic rings. The van der Waals surface area contributed by atoms with Crippen LogP contribution in [-0.4, -0.2) is 48.2 Å². The van der Waals surface area contributed by atoms with Gasteiger partial charge in [-0.25, -0.2) is 0 Å². The maximum Gasteiger partial charge on any atom is 0.251 e. The Balaban J connectivity index is 1.36. The summed E-state index contributed by atoms with van der Waals surface area (Å²) in [6.45, 7) is 6.23. The number of aromatic nitrogens is 1. The van der Waals surface area contributed by atoms with Gasteiger partial charge in [-0.15, -0.1) is 0 Å². The number of likely N-dealkylation sites (tertiary alicyclic amines) is 1. The lowest BCUT2D eigenvalue weighted by atomic mass is 10.0. The lowest BCUT2D eigenvalue weighted by Crippen LogP contribution is -2.45. The molecule has 29 heavy (non-hydrogen) atoms. The van der Waals surface area contributed by atoms with Gasteiger partial charge in [-0.3, -0.25) is 4.79 Å². The van der Waals surface area contributed by atoms with Gasteiger partial charge >= 0.3 is 0 Å². The molecule has 1 aliphatic carbocycles. The third-order valence-corrected chi connectivity index (χ3v) is 5.91. The van der Waals surface area contributed by atoms with Crippen molar-refractivity contribution >= 4 is 5.91 Å². The molecular formula is C22H29N3O4. The maximum absolute atomic E-state index is 12.7. The van der Waals surface area contributed by atoms with Crippen molar-refractivity contribution in [1.29, 1.82) is 0 Å². The number of nitrogens with one attached hydrogen (secondary N) is 1. The molecule has 1 saturated carbocycles. The van der Waals surface area contributed by atoms with E-state index < -0.39 is 0 Å². The summed E-state index contributed by atoms with van der Waals surface area (Å²) >= 11 is 0. The highest BCUT2D eigenvalue weighted by molar-refractivity contribution is 5.95. The van der Waals surface area contributed by atoms with Gasteiger partial charge in [0.05, 0.1) is 18.4 Å². The van der Waals surface area contributed by atoms with Crippen LogP contribution < -0.4 is 14.8 Å². The number of nitrogens with zero attached hydrogens (tertiary/aromatic N) is 2. The Hall–Kier alpha value is -2.54. The predicted molar refractivity (Wildman–Crippen MR) is 108 cm³/mol. The van der Waals surface area contributed by atoms with Crippen molar-refractivity contribution in [2.45, 2.75) is 58.2 Å². The minimum absolute atomic E-state index is 0.0644. The Morgan fingerprint density at radius 3 is 2.59 bits per heavy atom. The summed E-state index contributed by atoms with van der Waals surface area (Å²) in [4.78, 5) is 15.3. The number of carbonyl (C=O) groups excluding carboxylic acids is 1. The first-order chi connectivity index (χ1) is 14.0. The molecule has 1 aliphatic heterocycles. The van der Waals surface area contributed by atoms with Crippen molar-refractivity contribution in [3.05, 3.63) is 40.8 Å². The zero-order valence-electron chi connectivity index (χ0n) is 17.4. The van der Waals surface area contributed by atoms with E-state index in [4.69, 9.17) is 14.0 Å². The van der Waals surface area contributed by atoms with Crippen LogP contribution in [-0.2, 0) is 6.61 Å². The molecule has 0 unspecified atom stereocenters. The van der Waals surface area contributed by atoms with E-state index in [2.05, 4.69) is 15.4 Å². The molecule has 2 aromatic rings. The van der Waals surface area contributed by atoms with Crippen LogP contribution in [0.15, 0.2) is 22.7 Å². The van der Waals surface area contributed by atoms with Crippen molar-refractivity contribution < 1.29 is 18.8 Å². The highest BCUT2D eigenvalue weighted by Crippen LogP contribution is 2.31. The lowest BCUT2D eigenvalue weighted by Gasteiger charge is -2.32. The van der Waals surface area contributed by atoms with E-state index in [0.29, 0.717) is 23.7 Å². The number of hydrogen-bond donors (Lipinski definition) is 1. The largest absolute Gasteiger partial charge is 0.493 e. The van der Waals surface area contributed by atoms with Crippen LogP contribution in [0.5, 0.6) is 11.5 Å². The van der Waals surface area contributed by atoms with Crippen LogP contribution >= 0.6 is 0 Å². The predicted octanol–water partition coefficient (Wildman–Crippen LogP) is 3.24. The van der Waals surface area contributed by atoms with Crippen LogP contribution in [0.4, 0.5) is 0 Å². The number of rotatable bonds is 7. The molecule has 4 rings (SSSR count). The maximum atomic E-state index is 12.7. The molecule has 2 heterocycles. The summed E-state index contributed by atoms with van der Waals surface area (Å²) in [5.74, 6) is 1.80. The minimum Gasteiger partial charge on any atom is -0.493 e. The van der Waals surface area contributed by atoms with Crippen LogP contribution in [0.25, 0.3) is 0 Å². The first-order valence-electron chi connectivity index (χ1n) is 10.3. The molecule has 1 amide bonds. The van der Waals surface area contributed by atoms with E-state index in [0.717, 1.165) is 49.0 Å². The summed E-state index contributed by atoms with van der Waals surface area (Å²) < 4.78 is 16.5. The third-order valence-electron chi connectivity index (χ3n) is 5.91. The van der Waals surface area contributed by atoms with Crippen molar-refractivity contribution in [3.63, 3.8) is 0 Å². The Kier molecular flexibility index (Phi) is 5.76. The molecule has 1 N–H and O–H groups in total. The third kappa shape index (κ3) is 4.56. The molecular weight excluding hydrogens is 370 g/mol. The molecule has 1 aromatic heterocycles. The topological polar surface area (TPSA) is 76.8 Å². The number of carbonyl (C=O) groups is 1. The number of ether oxygens (including phenoxy) is 2. The summed E-state index contributed by atoms with van der Waals surface area (Å²) in [6, 6.07) is 6.33. The number of amides is 1. The van der Waals surface area contributed by atoms with Crippen molar-refractivity contribution in [3.8, 4) is 11.5 Å². The van der Waals surface area contributed by atoms with E-state index in [1.54, 1.807) is 25.3 Å². The van der Waals surface area contributed by atoms with Gasteiger partial charge in [0.15, 0.2) is 11.5 Å². The van der Waals surface area contributed by atoms with Gasteiger partial charge in [-0.1, -0.05) is 5.16 Å². The average molecular weight is 399 g/mol. The lowest BCUT2D eigenvalue weighted by molar-refractivity contribution is 0.0908. The monoisotopic (exact) mass is 399 g/mol. The van der Waals surface area contributed by atoms with Crippen LogP contribution in [0.2, 0.25) is 0 Å². The van der Waals surface area contributed by atoms with Gasteiger partial charge in [0.2, 0.25) is 0 Å². The molecule has 0 bridgehead atoms. The fourth-order valence-corrected chi connectivity index (χ4v) is 3.90. The Morgan fingerprint density at radius 1 is 1.21 bits per heavy atom. The molecule has 0 radical (unpaired) electrons. The Bertz CT molecular complexity index is 847. The minimum atomic E-state index is -0.0644. The summed E-state index contributed by atoms with van der Waals surface area (Å²) in [6.07, 6.45) is 4.69. The summed E-state index contributed by atoms with van der Waals surface area (Å²) in [5, 5.41) is 7.11. The first kappa shape index (κ1) is 19.8. The van der Waals surface area contributed by atoms with Gasteiger partial charge in [0, 0.05) is 30.7 Å². The number of methoxy groups -OCH3 is 1. The highest BCUT2D eigenvalue weighted by Gasteiger charge is 2.32. The van der Waals surface area contributed by atoms with Crippen molar-refractivity contribution in [2.75, 3.05) is 20.2 Å². The zero-order chi connectivity index (χ0) is 20.4. The number of piperidine rings is 1. The molecule has 1 saturated heterocycles. The van der Waals surface area contributed by atoms with Gasteiger partial charge in [0.25, 0.3) is 5.91 Å². The fraction of sp³-hybridized carbons (Fsp3) is 0.545. The molecule has 2 fully saturated rings. The normalized spacial score (nSPS) is 17.9. The zero-order valence-corrected chi connectivity index (χ0v) is 17.4. The number of hydrogen-bond acceptors (Lipinski definition) is 6. The molecule has 156 valence electrons. The van der Waals surface area contributed by atoms with E-state index in [-0.39, 0.29) is 11.9 Å². The molecule has 0 spiro atoms. The number of benzene rings is 1. The molecule has 7 nitrogen and oxygen atoms in total. The van der Waals surface area contributed by atoms with Crippen LogP contribution in [0, 0.1) is 13.8 Å². The van der Waals surface area contributed by atoms with Gasteiger partial charge < -0.3 is 24.2 Å². The second-order valence-corrected chi connectivity index (χ2v) is 7.97. The van der Waals surface area contributed by atoms with Crippen molar-refractivity contribution in [2.24, 2.45) is 0 Å². The second-order valence-electron chi connectivity index (χ2n) is 7.97. The standard InChI is InChI=1S/C22H29N3O4/c1-14-19(15(2)29-24-14)13-28-20-7-4-16(12-21(20)27-3)22(26)23-17-8-10-25(11-9-17)18-5-6-18/h4,7,12,17-18H,5-6,8-11,13H2,1-3H3,(H,23,26). The second kappa shape index (κ2) is 8.45. The Labute approximate surface area is 171 Å². The van der Waals surface area contributed by atoms with Crippen molar-refractivity contribution in [1.82, 2.24) is 15.4 Å². The van der Waals surface area contributed by atoms with Gasteiger partial charge in [-0.05, 0) is 57.7 Å². The Morgan fingerprint density at radius 2 is 1.97 bits per heavy atom. The van der Waals surface area contributed by atoms with Gasteiger partial charge in [0.1, 0.15) is 12.4 Å². The van der Waals surface area contributed by atoms with E-state index in [1.807, 2.05) is 13.8 Å². The van der Waals surface area contributed by atoms with Gasteiger partial charge in [-0.2, -0.15) is 0 Å². The van der Waals surface area contributed by atoms with E-state index in [1.165, 1.54) is 12.8 Å². The fourth-order valence-electron chi connectivity index (χ4n) is 3.90. The number of aryl methyl sites for hydroxylation is 2. The molecule has 7 heteroatoms. The van der Waals surface area contributed by atoms with Crippen LogP contribution in [0.1, 0.15) is 53.1 Å². The average Bonchev–Trinajstić information content (AvgIpc) is 3.53. The van der Waals surface area contributed by atoms with E-state index >= 15 is 0 Å². The SMILES string of the molecule is COc1cc(C(=O)NC2CCN(C3CC3)CC2)ccc1OCc1c(C)noc1C. The summed E-state index contributed by atoms with van der Waals surface area (Å²) in [5.41, 5.74) is 2.31. The smallest absolute Gasteiger partial charge is 0.251 e. The summed E-state index contributed by atoms with van der Waals surface area (Å²) in [7, 11) is 1.58. The molecule has 0 atom stereocenters. The van der Waals surface area contributed by atoms with Crippen LogP contribution in [0.3, 0.4) is 0 Å². The molecule has 1 aromatic carbocycles. The van der Waals surface area contributed by atoms with E-state index in [9.17, 15) is 4.79 Å². The highest BCUT2D eigenvalue weighted by atomic mass is 16.5.